The quantitative estimate of drug-likeness (QED) is 0.200. The molecule has 0 heterocycles. The first-order valence-corrected chi connectivity index (χ1v) is 17.5. The summed E-state index contributed by atoms with van der Waals surface area (Å²) in [6, 6.07) is 23.2. The lowest BCUT2D eigenvalue weighted by molar-refractivity contribution is -0.162. The monoisotopic (exact) mass is 646 g/mol. The van der Waals surface area contributed by atoms with Gasteiger partial charge in [0.15, 0.2) is 0 Å². The van der Waals surface area contributed by atoms with E-state index in [0.29, 0.717) is 34.6 Å². The Morgan fingerprint density at radius 2 is 1.65 bits per heavy atom. The van der Waals surface area contributed by atoms with Crippen LogP contribution in [0.3, 0.4) is 0 Å². The van der Waals surface area contributed by atoms with Gasteiger partial charge in [-0.2, -0.15) is 0 Å². The average molecular weight is 647 g/mol. The molecule has 4 N–H and O–H groups in total. The number of rotatable bonds is 16. The Bertz CT molecular complexity index is 1460. The first-order valence-electron chi connectivity index (χ1n) is 17.1. The van der Waals surface area contributed by atoms with Crippen LogP contribution in [-0.4, -0.2) is 62.3 Å². The molecule has 0 saturated carbocycles. The van der Waals surface area contributed by atoms with E-state index in [-0.39, 0.29) is 37.1 Å². The summed E-state index contributed by atoms with van der Waals surface area (Å²) in [5.74, 6) is -1.77. The Hall–Kier alpha value is -3.14. The lowest BCUT2D eigenvalue weighted by atomic mass is 9.74. The summed E-state index contributed by atoms with van der Waals surface area (Å²) in [6.45, 7) is 6.26. The molecule has 46 heavy (non-hydrogen) atoms. The minimum absolute atomic E-state index is 0.0447. The second-order valence-electron chi connectivity index (χ2n) is 13.4. The molecule has 2 amide bonds. The fourth-order valence-electron chi connectivity index (χ4n) is 6.79. The number of imide groups is 1. The summed E-state index contributed by atoms with van der Waals surface area (Å²) in [5, 5.41) is 23.0. The highest BCUT2D eigenvalue weighted by Gasteiger charge is 2.49. The Labute approximate surface area is 279 Å². The molecule has 0 aromatic heterocycles. The molecule has 1 unspecified atom stereocenters. The van der Waals surface area contributed by atoms with E-state index in [1.807, 2.05) is 74.5 Å². The molecule has 3 aromatic carbocycles. The van der Waals surface area contributed by atoms with Crippen molar-refractivity contribution < 1.29 is 25.6 Å². The minimum atomic E-state index is -1.06. The van der Waals surface area contributed by atoms with Gasteiger partial charge in [-0.3, -0.25) is 14.5 Å². The summed E-state index contributed by atoms with van der Waals surface area (Å²) >= 11 is 0. The van der Waals surface area contributed by atoms with Gasteiger partial charge in [0.1, 0.15) is 10.5 Å². The number of unbranched alkanes of at least 4 members (excludes halogenated alkanes) is 1. The van der Waals surface area contributed by atoms with Gasteiger partial charge >= 0.3 is 0 Å². The number of amides is 2. The van der Waals surface area contributed by atoms with E-state index in [4.69, 9.17) is 11.5 Å². The van der Waals surface area contributed by atoms with Gasteiger partial charge in [0.25, 0.3) is 0 Å². The van der Waals surface area contributed by atoms with E-state index in [2.05, 4.69) is 6.92 Å². The number of fused-ring (bicyclic) bond motifs is 1. The van der Waals surface area contributed by atoms with Crippen molar-refractivity contribution in [3.8, 4) is 0 Å². The highest BCUT2D eigenvalue weighted by molar-refractivity contribution is 6.00. The topological polar surface area (TPSA) is 113 Å². The van der Waals surface area contributed by atoms with Crippen LogP contribution in [0.5, 0.6) is 0 Å². The van der Waals surface area contributed by atoms with Crippen LogP contribution < -0.4 is 5.73 Å². The molecule has 0 aliphatic heterocycles. The zero-order chi connectivity index (χ0) is 34.1. The molecule has 4 rings (SSSR count). The summed E-state index contributed by atoms with van der Waals surface area (Å²) in [4.78, 5) is 31.3. The maximum Gasteiger partial charge on any atom is 0.235 e. The minimum Gasteiger partial charge on any atom is -0.428 e. The predicted molar refractivity (Wildman–Crippen MR) is 186 cm³/mol. The number of nitrogens with two attached hydrogens (primary N) is 1. The maximum atomic E-state index is 15.0. The van der Waals surface area contributed by atoms with E-state index in [0.717, 1.165) is 30.4 Å². The molecule has 1 aliphatic rings. The van der Waals surface area contributed by atoms with Crippen LogP contribution >= 0.6 is 0 Å². The van der Waals surface area contributed by atoms with Crippen molar-refractivity contribution in [2.75, 3.05) is 6.61 Å². The van der Waals surface area contributed by atoms with Crippen molar-refractivity contribution >= 4 is 22.3 Å². The lowest BCUT2D eigenvalue weighted by Gasteiger charge is -2.41. The Kier molecular flexibility index (Phi) is 12.3. The molecule has 8 heteroatoms. The highest BCUT2D eigenvalue weighted by atomic mass is 28.2. The summed E-state index contributed by atoms with van der Waals surface area (Å²) in [7, 11) is 0.527. The van der Waals surface area contributed by atoms with E-state index in [9.17, 15) is 15.0 Å². The number of nitrogens with zero attached hydrogens (tertiary/aromatic N) is 1. The van der Waals surface area contributed by atoms with Gasteiger partial charge < -0.3 is 20.4 Å². The van der Waals surface area contributed by atoms with Crippen molar-refractivity contribution in [1.82, 2.24) is 4.90 Å². The van der Waals surface area contributed by atoms with Crippen molar-refractivity contribution in [2.45, 2.75) is 90.0 Å². The number of hydrogen-bond acceptors (Lipinski definition) is 6. The fraction of sp³-hybridized carbons (Fsp3) is 0.474. The number of hydrogen-bond donors (Lipinski definition) is 3. The largest absolute Gasteiger partial charge is 0.428 e. The van der Waals surface area contributed by atoms with Crippen LogP contribution in [0.1, 0.15) is 76.1 Å². The first kappa shape index (κ1) is 34.2. The van der Waals surface area contributed by atoms with E-state index >= 15 is 4.79 Å². The number of carbonyl (C=O) groups excluding carboxylic acids is 2. The van der Waals surface area contributed by atoms with Crippen LogP contribution in [0.4, 0.5) is 0 Å². The molecule has 3 aromatic rings. The molecule has 0 saturated heterocycles. The van der Waals surface area contributed by atoms with Gasteiger partial charge in [0.05, 0.1) is 19.6 Å². The van der Waals surface area contributed by atoms with Crippen molar-refractivity contribution in [3.05, 3.63) is 107 Å². The van der Waals surface area contributed by atoms with Gasteiger partial charge in [-0.05, 0) is 53.9 Å². The second kappa shape index (κ2) is 16.6. The van der Waals surface area contributed by atoms with Crippen LogP contribution in [0.15, 0.2) is 84.9 Å². The highest BCUT2D eigenvalue weighted by Crippen LogP contribution is 2.42. The van der Waals surface area contributed by atoms with Crippen LogP contribution in [0, 0.1) is 17.3 Å². The second-order valence-corrected chi connectivity index (χ2v) is 14.0. The zero-order valence-corrected chi connectivity index (χ0v) is 29.8. The first-order chi connectivity index (χ1) is 22.5. The Morgan fingerprint density at radius 1 is 1.04 bits per heavy atom. The third kappa shape index (κ3) is 8.60. The zero-order valence-electron chi connectivity index (χ0n) is 28.8. The smallest absolute Gasteiger partial charge is 0.235 e. The summed E-state index contributed by atoms with van der Waals surface area (Å²) in [5.41, 5.74) is 8.68. The molecule has 248 valence electrons. The summed E-state index contributed by atoms with van der Waals surface area (Å²) < 4.78 is 14.2. The molecule has 6 atom stereocenters. The number of aliphatic hydroxyl groups is 2. The average Bonchev–Trinajstić information content (AvgIpc) is 3.40. The van der Waals surface area contributed by atoms with Gasteiger partial charge in [0, 0.05) is 30.4 Å². The van der Waals surface area contributed by atoms with Gasteiger partial charge in [-0.15, -0.1) is 0 Å². The van der Waals surface area contributed by atoms with Crippen LogP contribution in [0.25, 0.3) is 0 Å². The van der Waals surface area contributed by atoms with E-state index in [1.54, 1.807) is 18.2 Å². The SMILES string of the molecule is [3H]c1cccc2c1C[C@@H](O)[C@H]2N(C(=O)[C@H](Cc1ccccc1)C[C@H](O)[C@@H](N)Cc1ccccc1)C(=O)C(C)(C)C(CCCC)CO[SiH3]. The van der Waals surface area contributed by atoms with Crippen molar-refractivity contribution in [1.29, 1.82) is 0 Å². The third-order valence-electron chi connectivity index (χ3n) is 9.66. The third-order valence-corrected chi connectivity index (χ3v) is 10.00. The van der Waals surface area contributed by atoms with Crippen molar-refractivity contribution in [3.63, 3.8) is 0 Å². The Balaban J connectivity index is 1.77. The standard InChI is InChI=1S/C38H52N2O5Si/c1-4-5-19-30(25-45-46)38(2,3)37(44)40(35-31-20-13-12-18-28(31)23-34(35)42)36(43)29(21-26-14-8-6-9-15-26)24-33(41)32(39)22-27-16-10-7-11-17-27/h6-18,20,29-30,32-35,41-42H,4-5,19,21-25,39H2,1-3,46H3/t29-,30?,32+,33+,34-,35+/m1/s1/i18T. The van der Waals surface area contributed by atoms with E-state index in [1.165, 1.54) is 4.90 Å². The molecular weight excluding hydrogens is 593 g/mol. The molecule has 0 bridgehead atoms. The van der Waals surface area contributed by atoms with Gasteiger partial charge in [0.2, 0.25) is 11.8 Å². The van der Waals surface area contributed by atoms with Crippen LogP contribution in [0.2, 0.25) is 0 Å². The molecule has 1 aliphatic carbocycles. The normalized spacial score (nSPS) is 19.1. The van der Waals surface area contributed by atoms with Crippen LogP contribution in [-0.2, 0) is 33.3 Å². The van der Waals surface area contributed by atoms with Gasteiger partial charge in [-0.1, -0.05) is 119 Å². The molecule has 0 fully saturated rings. The number of carbonyl (C=O) groups is 2. The Morgan fingerprint density at radius 3 is 2.26 bits per heavy atom. The van der Waals surface area contributed by atoms with Crippen molar-refractivity contribution in [2.24, 2.45) is 23.0 Å². The predicted octanol–water partition coefficient (Wildman–Crippen LogP) is 4.31. The van der Waals surface area contributed by atoms with Gasteiger partial charge in [-0.25, -0.2) is 0 Å². The summed E-state index contributed by atoms with van der Waals surface area (Å²) in [6.07, 6.45) is 1.50. The fourth-order valence-corrected chi connectivity index (χ4v) is 7.19. The number of aliphatic hydroxyl groups excluding tert-OH is 2. The maximum absolute atomic E-state index is 15.0. The molecule has 0 radical (unpaired) electrons. The molecular formula is C38H52N2O5Si. The number of benzene rings is 3. The molecule has 0 spiro atoms. The van der Waals surface area contributed by atoms with E-state index < -0.39 is 41.5 Å². The molecule has 7 nitrogen and oxygen atoms in total. The lowest BCUT2D eigenvalue weighted by Crippen LogP contribution is -2.54.